The standard InChI is InChI=1S/C25H34N2O5S/c1-5-27(19(2)20-11-10-12-21(17-20)31-3)25(28)23-18-22(13-14-24(23)32-4)33(29,30)26-15-8-6-7-9-16-26/h10-14,17-19H,5-9,15-16H2,1-4H3. The van der Waals surface area contributed by atoms with Gasteiger partial charge in [0.2, 0.25) is 10.0 Å². The van der Waals surface area contributed by atoms with Crippen LogP contribution in [0.15, 0.2) is 47.4 Å². The van der Waals surface area contributed by atoms with Gasteiger partial charge in [0.15, 0.2) is 0 Å². The third kappa shape index (κ3) is 5.50. The zero-order valence-electron chi connectivity index (χ0n) is 19.9. The first kappa shape index (κ1) is 25.1. The minimum absolute atomic E-state index is 0.124. The van der Waals surface area contributed by atoms with E-state index in [1.165, 1.54) is 23.5 Å². The zero-order valence-corrected chi connectivity index (χ0v) is 20.7. The molecule has 0 aromatic heterocycles. The summed E-state index contributed by atoms with van der Waals surface area (Å²) in [5.74, 6) is 0.787. The van der Waals surface area contributed by atoms with E-state index in [1.54, 1.807) is 18.1 Å². The summed E-state index contributed by atoms with van der Waals surface area (Å²) in [6, 6.07) is 11.9. The van der Waals surface area contributed by atoms with Gasteiger partial charge in [-0.05, 0) is 62.6 Å². The number of rotatable bonds is 8. The summed E-state index contributed by atoms with van der Waals surface area (Å²) in [6.07, 6.45) is 3.77. The van der Waals surface area contributed by atoms with Gasteiger partial charge in [0.05, 0.1) is 30.7 Å². The van der Waals surface area contributed by atoms with Gasteiger partial charge in [0, 0.05) is 19.6 Å². The van der Waals surface area contributed by atoms with E-state index in [2.05, 4.69) is 0 Å². The van der Waals surface area contributed by atoms with Gasteiger partial charge >= 0.3 is 0 Å². The molecule has 3 rings (SSSR count). The highest BCUT2D eigenvalue weighted by Crippen LogP contribution is 2.30. The fourth-order valence-corrected chi connectivity index (χ4v) is 5.82. The number of carbonyl (C=O) groups is 1. The highest BCUT2D eigenvalue weighted by atomic mass is 32.2. The molecule has 0 saturated carbocycles. The minimum Gasteiger partial charge on any atom is -0.497 e. The lowest BCUT2D eigenvalue weighted by molar-refractivity contribution is 0.0698. The van der Waals surface area contributed by atoms with Gasteiger partial charge < -0.3 is 14.4 Å². The third-order valence-corrected chi connectivity index (χ3v) is 8.14. The summed E-state index contributed by atoms with van der Waals surface area (Å²) in [6.45, 7) is 5.31. The van der Waals surface area contributed by atoms with Crippen molar-refractivity contribution in [3.63, 3.8) is 0 Å². The molecule has 1 heterocycles. The van der Waals surface area contributed by atoms with E-state index in [0.717, 1.165) is 31.2 Å². The number of nitrogens with zero attached hydrogens (tertiary/aromatic N) is 2. The summed E-state index contributed by atoms with van der Waals surface area (Å²) in [5.41, 5.74) is 1.17. The first-order valence-electron chi connectivity index (χ1n) is 11.5. The van der Waals surface area contributed by atoms with E-state index in [-0.39, 0.29) is 22.4 Å². The lowest BCUT2D eigenvalue weighted by Crippen LogP contribution is -2.34. The second-order valence-corrected chi connectivity index (χ2v) is 10.2. The first-order chi connectivity index (χ1) is 15.8. The Morgan fingerprint density at radius 3 is 2.33 bits per heavy atom. The predicted molar refractivity (Wildman–Crippen MR) is 128 cm³/mol. The molecule has 7 nitrogen and oxygen atoms in total. The smallest absolute Gasteiger partial charge is 0.258 e. The number of benzene rings is 2. The largest absolute Gasteiger partial charge is 0.497 e. The van der Waals surface area contributed by atoms with Gasteiger partial charge in [-0.3, -0.25) is 4.79 Å². The minimum atomic E-state index is -3.69. The van der Waals surface area contributed by atoms with E-state index >= 15 is 0 Å². The van der Waals surface area contributed by atoms with Crippen LogP contribution in [0.5, 0.6) is 11.5 Å². The average Bonchev–Trinajstić information content (AvgIpc) is 3.14. The van der Waals surface area contributed by atoms with Gasteiger partial charge in [-0.15, -0.1) is 0 Å². The Morgan fingerprint density at radius 2 is 1.73 bits per heavy atom. The van der Waals surface area contributed by atoms with Gasteiger partial charge in [0.25, 0.3) is 5.91 Å². The first-order valence-corrected chi connectivity index (χ1v) is 12.9. The van der Waals surface area contributed by atoms with Crippen LogP contribution in [0, 0.1) is 0 Å². The topological polar surface area (TPSA) is 76.2 Å². The normalized spacial score (nSPS) is 16.0. The average molecular weight is 475 g/mol. The Balaban J connectivity index is 1.96. The van der Waals surface area contributed by atoms with Crippen LogP contribution in [-0.4, -0.2) is 57.4 Å². The molecule has 0 N–H and O–H groups in total. The molecule has 0 bridgehead atoms. The molecule has 1 aliphatic heterocycles. The van der Waals surface area contributed by atoms with Crippen molar-refractivity contribution >= 4 is 15.9 Å². The molecular weight excluding hydrogens is 440 g/mol. The predicted octanol–water partition coefficient (Wildman–Crippen LogP) is 4.49. The molecule has 0 radical (unpaired) electrons. The summed E-state index contributed by atoms with van der Waals surface area (Å²) in [4.78, 5) is 15.5. The van der Waals surface area contributed by atoms with E-state index in [0.29, 0.717) is 31.1 Å². The molecule has 1 fully saturated rings. The lowest BCUT2D eigenvalue weighted by atomic mass is 10.0. The quantitative estimate of drug-likeness (QED) is 0.563. The van der Waals surface area contributed by atoms with Crippen LogP contribution in [0.25, 0.3) is 0 Å². The van der Waals surface area contributed by atoms with Gasteiger partial charge in [-0.25, -0.2) is 8.42 Å². The van der Waals surface area contributed by atoms with Crippen molar-refractivity contribution in [2.75, 3.05) is 33.9 Å². The van der Waals surface area contributed by atoms with E-state index in [1.807, 2.05) is 38.1 Å². The molecule has 1 unspecified atom stereocenters. The molecule has 1 amide bonds. The molecule has 0 aliphatic carbocycles. The molecule has 180 valence electrons. The maximum absolute atomic E-state index is 13.6. The van der Waals surface area contributed by atoms with Crippen molar-refractivity contribution in [3.8, 4) is 11.5 Å². The number of ether oxygens (including phenoxy) is 2. The molecule has 2 aromatic rings. The number of methoxy groups -OCH3 is 2. The Kier molecular flexibility index (Phi) is 8.37. The molecule has 1 atom stereocenters. The summed E-state index contributed by atoms with van der Waals surface area (Å²) < 4.78 is 39.0. The number of carbonyl (C=O) groups excluding carboxylic acids is 1. The molecule has 33 heavy (non-hydrogen) atoms. The Hall–Kier alpha value is -2.58. The van der Waals surface area contributed by atoms with Crippen LogP contribution in [0.1, 0.15) is 61.5 Å². The fraction of sp³-hybridized carbons (Fsp3) is 0.480. The fourth-order valence-electron chi connectivity index (χ4n) is 4.28. The maximum atomic E-state index is 13.6. The van der Waals surface area contributed by atoms with Crippen molar-refractivity contribution in [2.24, 2.45) is 0 Å². The summed E-state index contributed by atoms with van der Waals surface area (Å²) in [5, 5.41) is 0. The van der Waals surface area contributed by atoms with Gasteiger partial charge in [-0.1, -0.05) is 25.0 Å². The van der Waals surface area contributed by atoms with E-state index in [9.17, 15) is 13.2 Å². The van der Waals surface area contributed by atoms with E-state index < -0.39 is 10.0 Å². The number of amides is 1. The lowest BCUT2D eigenvalue weighted by Gasteiger charge is -2.29. The van der Waals surface area contributed by atoms with Crippen LogP contribution in [0.4, 0.5) is 0 Å². The number of hydrogen-bond donors (Lipinski definition) is 0. The van der Waals surface area contributed by atoms with Crippen molar-refractivity contribution in [2.45, 2.75) is 50.5 Å². The second kappa shape index (κ2) is 11.0. The molecular formula is C25H34N2O5S. The molecule has 1 aliphatic rings. The number of sulfonamides is 1. The summed E-state index contributed by atoms with van der Waals surface area (Å²) in [7, 11) is -0.602. The van der Waals surface area contributed by atoms with Crippen molar-refractivity contribution < 1.29 is 22.7 Å². The maximum Gasteiger partial charge on any atom is 0.258 e. The Labute approximate surface area is 197 Å². The molecule has 0 spiro atoms. The van der Waals surface area contributed by atoms with E-state index in [4.69, 9.17) is 9.47 Å². The molecule has 1 saturated heterocycles. The number of hydrogen-bond acceptors (Lipinski definition) is 5. The summed E-state index contributed by atoms with van der Waals surface area (Å²) >= 11 is 0. The Bertz CT molecular complexity index is 1060. The van der Waals surface area contributed by atoms with Crippen molar-refractivity contribution in [1.29, 1.82) is 0 Å². The third-order valence-electron chi connectivity index (χ3n) is 6.25. The van der Waals surface area contributed by atoms with Gasteiger partial charge in [-0.2, -0.15) is 4.31 Å². The highest BCUT2D eigenvalue weighted by molar-refractivity contribution is 7.89. The van der Waals surface area contributed by atoms with Crippen LogP contribution in [0.3, 0.4) is 0 Å². The van der Waals surface area contributed by atoms with Crippen molar-refractivity contribution in [3.05, 3.63) is 53.6 Å². The van der Waals surface area contributed by atoms with Crippen molar-refractivity contribution in [1.82, 2.24) is 9.21 Å². The zero-order chi connectivity index (χ0) is 24.0. The monoisotopic (exact) mass is 474 g/mol. The molecule has 8 heteroatoms. The van der Waals surface area contributed by atoms with Crippen LogP contribution < -0.4 is 9.47 Å². The Morgan fingerprint density at radius 1 is 1.03 bits per heavy atom. The second-order valence-electron chi connectivity index (χ2n) is 8.22. The van der Waals surface area contributed by atoms with Crippen LogP contribution >= 0.6 is 0 Å². The van der Waals surface area contributed by atoms with Gasteiger partial charge in [0.1, 0.15) is 11.5 Å². The van der Waals surface area contributed by atoms with Crippen LogP contribution in [0.2, 0.25) is 0 Å². The SMILES string of the molecule is CCN(C(=O)c1cc(S(=O)(=O)N2CCCCCC2)ccc1OC)C(C)c1cccc(OC)c1. The van der Waals surface area contributed by atoms with Crippen LogP contribution in [-0.2, 0) is 10.0 Å². The molecule has 2 aromatic carbocycles. The highest BCUT2D eigenvalue weighted by Gasteiger charge is 2.29.